The standard InChI is InChI=1S/C13H15FN2O3/c1-9(17)10-2-3-12(11(14)8-10)19-7-6-16-5-4-15-13(16)18/h2-3,8H,4-7H2,1H3,(H,15,18). The molecule has 1 aliphatic rings. The highest BCUT2D eigenvalue weighted by Gasteiger charge is 2.18. The van der Waals surface area contributed by atoms with Crippen LogP contribution in [-0.2, 0) is 0 Å². The predicted octanol–water partition coefficient (Wildman–Crippen LogP) is 1.43. The van der Waals surface area contributed by atoms with Gasteiger partial charge in [-0.1, -0.05) is 0 Å². The highest BCUT2D eigenvalue weighted by atomic mass is 19.1. The van der Waals surface area contributed by atoms with Crippen molar-refractivity contribution in [1.29, 1.82) is 0 Å². The third kappa shape index (κ3) is 3.21. The van der Waals surface area contributed by atoms with Crippen LogP contribution in [0.4, 0.5) is 9.18 Å². The van der Waals surface area contributed by atoms with Gasteiger partial charge in [0, 0.05) is 18.7 Å². The van der Waals surface area contributed by atoms with E-state index in [9.17, 15) is 14.0 Å². The molecule has 6 heteroatoms. The number of halogens is 1. The van der Waals surface area contributed by atoms with Crippen LogP contribution in [0.3, 0.4) is 0 Å². The summed E-state index contributed by atoms with van der Waals surface area (Å²) in [5, 5.41) is 2.67. The maximum atomic E-state index is 13.6. The van der Waals surface area contributed by atoms with Crippen molar-refractivity contribution >= 4 is 11.8 Å². The van der Waals surface area contributed by atoms with Gasteiger partial charge in [0.05, 0.1) is 6.54 Å². The number of ether oxygens (including phenoxy) is 1. The minimum Gasteiger partial charge on any atom is -0.489 e. The monoisotopic (exact) mass is 266 g/mol. The molecule has 0 aromatic heterocycles. The molecule has 1 fully saturated rings. The number of nitrogens with one attached hydrogen (secondary N) is 1. The second-order valence-corrected chi connectivity index (χ2v) is 4.27. The van der Waals surface area contributed by atoms with Crippen LogP contribution < -0.4 is 10.1 Å². The summed E-state index contributed by atoms with van der Waals surface area (Å²) in [5.74, 6) is -0.678. The zero-order valence-electron chi connectivity index (χ0n) is 10.6. The number of nitrogens with zero attached hydrogens (tertiary/aromatic N) is 1. The lowest BCUT2D eigenvalue weighted by Gasteiger charge is -2.14. The van der Waals surface area contributed by atoms with E-state index in [4.69, 9.17) is 4.74 Å². The van der Waals surface area contributed by atoms with Gasteiger partial charge in [-0.15, -0.1) is 0 Å². The molecule has 1 saturated heterocycles. The average Bonchev–Trinajstić information content (AvgIpc) is 2.77. The quantitative estimate of drug-likeness (QED) is 0.820. The number of Topliss-reactive ketones (excluding diaryl/α,β-unsaturated/α-hetero) is 1. The third-order valence-corrected chi connectivity index (χ3v) is 2.90. The van der Waals surface area contributed by atoms with E-state index in [2.05, 4.69) is 5.32 Å². The average molecular weight is 266 g/mol. The molecular formula is C13H15FN2O3. The molecule has 2 rings (SSSR count). The fourth-order valence-electron chi connectivity index (χ4n) is 1.83. The van der Waals surface area contributed by atoms with Gasteiger partial charge in [-0.2, -0.15) is 0 Å². The molecule has 0 spiro atoms. The normalized spacial score (nSPS) is 14.4. The first-order chi connectivity index (χ1) is 9.08. The van der Waals surface area contributed by atoms with E-state index in [1.54, 1.807) is 4.90 Å². The lowest BCUT2D eigenvalue weighted by molar-refractivity contribution is 0.101. The van der Waals surface area contributed by atoms with Crippen molar-refractivity contribution in [3.63, 3.8) is 0 Å². The van der Waals surface area contributed by atoms with Crippen LogP contribution in [-0.4, -0.2) is 43.0 Å². The molecule has 0 aliphatic carbocycles. The summed E-state index contributed by atoms with van der Waals surface area (Å²) < 4.78 is 18.9. The van der Waals surface area contributed by atoms with Crippen LogP contribution in [0.2, 0.25) is 0 Å². The molecule has 0 saturated carbocycles. The van der Waals surface area contributed by atoms with Crippen molar-refractivity contribution in [2.24, 2.45) is 0 Å². The lowest BCUT2D eigenvalue weighted by Crippen LogP contribution is -2.31. The van der Waals surface area contributed by atoms with E-state index in [-0.39, 0.29) is 24.2 Å². The minimum absolute atomic E-state index is 0.0876. The molecule has 19 heavy (non-hydrogen) atoms. The number of urea groups is 1. The Morgan fingerprint density at radius 1 is 1.53 bits per heavy atom. The molecule has 0 bridgehead atoms. The largest absolute Gasteiger partial charge is 0.489 e. The summed E-state index contributed by atoms with van der Waals surface area (Å²) in [6, 6.07) is 3.97. The molecule has 5 nitrogen and oxygen atoms in total. The van der Waals surface area contributed by atoms with Crippen molar-refractivity contribution in [1.82, 2.24) is 10.2 Å². The van der Waals surface area contributed by atoms with E-state index in [0.29, 0.717) is 25.2 Å². The Kier molecular flexibility index (Phi) is 3.99. The molecule has 1 aromatic rings. The molecule has 2 amide bonds. The third-order valence-electron chi connectivity index (χ3n) is 2.90. The molecule has 1 heterocycles. The summed E-state index contributed by atoms with van der Waals surface area (Å²) in [6.07, 6.45) is 0. The van der Waals surface area contributed by atoms with E-state index in [0.717, 1.165) is 6.07 Å². The Balaban J connectivity index is 1.89. The summed E-state index contributed by atoms with van der Waals surface area (Å²) in [5.41, 5.74) is 0.309. The fraction of sp³-hybridized carbons (Fsp3) is 0.385. The predicted molar refractivity (Wildman–Crippen MR) is 66.9 cm³/mol. The summed E-state index contributed by atoms with van der Waals surface area (Å²) >= 11 is 0. The molecule has 0 atom stereocenters. The Hall–Kier alpha value is -2.11. The van der Waals surface area contributed by atoms with Crippen LogP contribution in [0, 0.1) is 5.82 Å². The highest BCUT2D eigenvalue weighted by Crippen LogP contribution is 2.18. The number of rotatable bonds is 5. The molecular weight excluding hydrogens is 251 g/mol. The van der Waals surface area contributed by atoms with Crippen LogP contribution in [0.1, 0.15) is 17.3 Å². The van der Waals surface area contributed by atoms with Crippen molar-refractivity contribution in [3.8, 4) is 5.75 Å². The van der Waals surface area contributed by atoms with Crippen molar-refractivity contribution in [3.05, 3.63) is 29.6 Å². The van der Waals surface area contributed by atoms with E-state index in [1.165, 1.54) is 19.1 Å². The molecule has 0 unspecified atom stereocenters. The number of carbonyl (C=O) groups excluding carboxylic acids is 2. The first kappa shape index (κ1) is 13.3. The van der Waals surface area contributed by atoms with Gasteiger partial charge in [0.25, 0.3) is 0 Å². The Bertz CT molecular complexity index is 505. The number of carbonyl (C=O) groups is 2. The molecule has 1 aliphatic heterocycles. The fourth-order valence-corrected chi connectivity index (χ4v) is 1.83. The first-order valence-corrected chi connectivity index (χ1v) is 6.04. The van der Waals surface area contributed by atoms with Gasteiger partial charge >= 0.3 is 6.03 Å². The van der Waals surface area contributed by atoms with Crippen molar-refractivity contribution in [2.75, 3.05) is 26.2 Å². The lowest BCUT2D eigenvalue weighted by atomic mass is 10.1. The van der Waals surface area contributed by atoms with Gasteiger partial charge in [-0.25, -0.2) is 9.18 Å². The zero-order chi connectivity index (χ0) is 13.8. The van der Waals surface area contributed by atoms with Crippen molar-refractivity contribution in [2.45, 2.75) is 6.92 Å². The molecule has 1 aromatic carbocycles. The van der Waals surface area contributed by atoms with Crippen LogP contribution in [0.15, 0.2) is 18.2 Å². The maximum Gasteiger partial charge on any atom is 0.317 e. The second kappa shape index (κ2) is 5.69. The topological polar surface area (TPSA) is 58.6 Å². The van der Waals surface area contributed by atoms with Gasteiger partial charge in [-0.3, -0.25) is 4.79 Å². The zero-order valence-corrected chi connectivity index (χ0v) is 10.6. The Labute approximate surface area is 110 Å². The molecule has 102 valence electrons. The Morgan fingerprint density at radius 3 is 2.89 bits per heavy atom. The van der Waals surface area contributed by atoms with Crippen LogP contribution in [0.25, 0.3) is 0 Å². The summed E-state index contributed by atoms with van der Waals surface area (Å²) in [4.78, 5) is 23.9. The number of amides is 2. The Morgan fingerprint density at radius 2 is 2.32 bits per heavy atom. The minimum atomic E-state index is -0.571. The highest BCUT2D eigenvalue weighted by molar-refractivity contribution is 5.94. The summed E-state index contributed by atoms with van der Waals surface area (Å²) in [7, 11) is 0. The SMILES string of the molecule is CC(=O)c1ccc(OCCN2CCNC2=O)c(F)c1. The number of hydrogen-bond acceptors (Lipinski definition) is 3. The van der Waals surface area contributed by atoms with Gasteiger partial charge in [0.15, 0.2) is 17.3 Å². The van der Waals surface area contributed by atoms with Crippen LogP contribution >= 0.6 is 0 Å². The second-order valence-electron chi connectivity index (χ2n) is 4.27. The first-order valence-electron chi connectivity index (χ1n) is 6.04. The number of hydrogen-bond donors (Lipinski definition) is 1. The van der Waals surface area contributed by atoms with Gasteiger partial charge in [-0.05, 0) is 25.1 Å². The number of ketones is 1. The van der Waals surface area contributed by atoms with Gasteiger partial charge < -0.3 is 15.0 Å². The van der Waals surface area contributed by atoms with Crippen LogP contribution in [0.5, 0.6) is 5.75 Å². The van der Waals surface area contributed by atoms with E-state index in [1.807, 2.05) is 0 Å². The molecule has 0 radical (unpaired) electrons. The molecule has 1 N–H and O–H groups in total. The number of benzene rings is 1. The summed E-state index contributed by atoms with van der Waals surface area (Å²) in [6.45, 7) is 3.25. The van der Waals surface area contributed by atoms with E-state index >= 15 is 0 Å². The van der Waals surface area contributed by atoms with Gasteiger partial charge in [0.1, 0.15) is 6.61 Å². The smallest absolute Gasteiger partial charge is 0.317 e. The maximum absolute atomic E-state index is 13.6. The van der Waals surface area contributed by atoms with Gasteiger partial charge in [0.2, 0.25) is 0 Å². The van der Waals surface area contributed by atoms with E-state index < -0.39 is 5.82 Å². The van der Waals surface area contributed by atoms with Crippen molar-refractivity contribution < 1.29 is 18.7 Å².